The molecule has 0 aliphatic heterocycles. The van der Waals surface area contributed by atoms with Crippen LogP contribution in [0.2, 0.25) is 5.02 Å². The Labute approximate surface area is 74.5 Å². The average Bonchev–Trinajstić information content (AvgIpc) is 2.09. The van der Waals surface area contributed by atoms with Gasteiger partial charge in [-0.25, -0.2) is 4.39 Å². The summed E-state index contributed by atoms with van der Waals surface area (Å²) < 4.78 is 17.7. The van der Waals surface area contributed by atoms with Crippen LogP contribution >= 0.6 is 11.6 Å². The molecule has 2 nitrogen and oxygen atoms in total. The minimum Gasteiger partial charge on any atom is -0.494 e. The Balaban J connectivity index is 3.19. The number of halogens is 2. The van der Waals surface area contributed by atoms with E-state index in [4.69, 9.17) is 21.4 Å². The first-order chi connectivity index (χ1) is 5.69. The van der Waals surface area contributed by atoms with Crippen LogP contribution in [0.1, 0.15) is 5.56 Å². The molecule has 0 aliphatic carbocycles. The molecule has 0 radical (unpaired) electrons. The first-order valence-electron chi connectivity index (χ1n) is 3.31. The molecular weight excluding hydrogens is 183 g/mol. The van der Waals surface area contributed by atoms with Crippen molar-refractivity contribution in [3.8, 4) is 5.75 Å². The molecule has 0 bridgehead atoms. The van der Waals surface area contributed by atoms with E-state index in [9.17, 15) is 4.39 Å². The molecule has 1 aromatic rings. The predicted molar refractivity (Wildman–Crippen MR) is 43.9 cm³/mol. The minimum absolute atomic E-state index is 0.0431. The largest absolute Gasteiger partial charge is 0.494 e. The Kier molecular flexibility index (Phi) is 2.89. The molecule has 0 aromatic heterocycles. The molecule has 0 aliphatic rings. The van der Waals surface area contributed by atoms with Gasteiger partial charge in [0.25, 0.3) is 0 Å². The summed E-state index contributed by atoms with van der Waals surface area (Å²) in [6.07, 6.45) is 0. The van der Waals surface area contributed by atoms with Crippen molar-refractivity contribution in [3.05, 3.63) is 28.5 Å². The van der Waals surface area contributed by atoms with E-state index in [-0.39, 0.29) is 17.4 Å². The van der Waals surface area contributed by atoms with Crippen LogP contribution in [-0.4, -0.2) is 12.2 Å². The zero-order valence-electron chi connectivity index (χ0n) is 6.47. The summed E-state index contributed by atoms with van der Waals surface area (Å²) in [7, 11) is 1.34. The minimum atomic E-state index is -0.601. The zero-order valence-corrected chi connectivity index (χ0v) is 7.23. The third-order valence-corrected chi connectivity index (χ3v) is 1.73. The number of rotatable bonds is 2. The van der Waals surface area contributed by atoms with Gasteiger partial charge in [0, 0.05) is 0 Å². The summed E-state index contributed by atoms with van der Waals surface area (Å²) in [5.41, 5.74) is 0.526. The first-order valence-corrected chi connectivity index (χ1v) is 3.69. The SMILES string of the molecule is COc1cc(CO)cc(Cl)c1F. The number of hydrogen-bond donors (Lipinski definition) is 1. The van der Waals surface area contributed by atoms with E-state index in [0.29, 0.717) is 5.56 Å². The fraction of sp³-hybridized carbons (Fsp3) is 0.250. The van der Waals surface area contributed by atoms with Gasteiger partial charge in [0.15, 0.2) is 11.6 Å². The fourth-order valence-electron chi connectivity index (χ4n) is 0.857. The molecule has 0 spiro atoms. The van der Waals surface area contributed by atoms with Gasteiger partial charge in [-0.15, -0.1) is 0 Å². The van der Waals surface area contributed by atoms with E-state index >= 15 is 0 Å². The van der Waals surface area contributed by atoms with E-state index in [1.165, 1.54) is 19.2 Å². The van der Waals surface area contributed by atoms with Crippen LogP contribution in [0.15, 0.2) is 12.1 Å². The van der Waals surface area contributed by atoms with Gasteiger partial charge in [-0.2, -0.15) is 0 Å². The van der Waals surface area contributed by atoms with Crippen LogP contribution in [0.5, 0.6) is 5.75 Å². The third-order valence-electron chi connectivity index (χ3n) is 1.46. The van der Waals surface area contributed by atoms with Gasteiger partial charge >= 0.3 is 0 Å². The molecule has 1 aromatic carbocycles. The van der Waals surface area contributed by atoms with Crippen LogP contribution in [0.4, 0.5) is 4.39 Å². The van der Waals surface area contributed by atoms with E-state index in [2.05, 4.69) is 0 Å². The molecule has 0 heterocycles. The van der Waals surface area contributed by atoms with E-state index in [0.717, 1.165) is 0 Å². The summed E-state index contributed by atoms with van der Waals surface area (Å²) in [4.78, 5) is 0. The first kappa shape index (κ1) is 9.29. The van der Waals surface area contributed by atoms with Gasteiger partial charge in [-0.05, 0) is 17.7 Å². The van der Waals surface area contributed by atoms with Crippen molar-refractivity contribution in [2.45, 2.75) is 6.61 Å². The number of aliphatic hydroxyl groups is 1. The maximum atomic E-state index is 13.0. The van der Waals surface area contributed by atoms with Crippen LogP contribution in [0.3, 0.4) is 0 Å². The highest BCUT2D eigenvalue weighted by Crippen LogP contribution is 2.26. The van der Waals surface area contributed by atoms with Crippen LogP contribution in [-0.2, 0) is 6.61 Å². The summed E-state index contributed by atoms with van der Waals surface area (Å²) in [5.74, 6) is -0.553. The Morgan fingerprint density at radius 3 is 2.75 bits per heavy atom. The van der Waals surface area contributed by atoms with Crippen molar-refractivity contribution in [1.82, 2.24) is 0 Å². The molecule has 0 amide bonds. The number of hydrogen-bond acceptors (Lipinski definition) is 2. The Morgan fingerprint density at radius 1 is 1.58 bits per heavy atom. The average molecular weight is 191 g/mol. The molecule has 0 saturated heterocycles. The quantitative estimate of drug-likeness (QED) is 0.773. The maximum Gasteiger partial charge on any atom is 0.183 e. The van der Waals surface area contributed by atoms with E-state index in [1.807, 2.05) is 0 Å². The maximum absolute atomic E-state index is 13.0. The van der Waals surface area contributed by atoms with E-state index < -0.39 is 5.82 Å². The van der Waals surface area contributed by atoms with Gasteiger partial charge in [0.1, 0.15) is 0 Å². The lowest BCUT2D eigenvalue weighted by Gasteiger charge is -2.05. The lowest BCUT2D eigenvalue weighted by molar-refractivity contribution is 0.280. The van der Waals surface area contributed by atoms with Crippen LogP contribution in [0.25, 0.3) is 0 Å². The number of benzene rings is 1. The van der Waals surface area contributed by atoms with Crippen molar-refractivity contribution in [3.63, 3.8) is 0 Å². The highest BCUT2D eigenvalue weighted by atomic mass is 35.5. The van der Waals surface area contributed by atoms with Crippen LogP contribution < -0.4 is 4.74 Å². The second kappa shape index (κ2) is 3.74. The summed E-state index contributed by atoms with van der Waals surface area (Å²) in [6.45, 7) is -0.184. The summed E-state index contributed by atoms with van der Waals surface area (Å²) in [6, 6.07) is 2.76. The summed E-state index contributed by atoms with van der Waals surface area (Å²) in [5, 5.41) is 8.69. The smallest absolute Gasteiger partial charge is 0.183 e. The summed E-state index contributed by atoms with van der Waals surface area (Å²) >= 11 is 5.51. The van der Waals surface area contributed by atoms with Gasteiger partial charge in [0.2, 0.25) is 0 Å². The van der Waals surface area contributed by atoms with Crippen molar-refractivity contribution >= 4 is 11.6 Å². The molecule has 1 rings (SSSR count). The molecule has 0 unspecified atom stereocenters. The van der Waals surface area contributed by atoms with Gasteiger partial charge in [0.05, 0.1) is 18.7 Å². The standard InChI is InChI=1S/C8H8ClFO2/c1-12-7-3-5(4-11)2-6(9)8(7)10/h2-3,11H,4H2,1H3. The Bertz CT molecular complexity index is 289. The molecular formula is C8H8ClFO2. The van der Waals surface area contributed by atoms with Gasteiger partial charge < -0.3 is 9.84 Å². The molecule has 1 N–H and O–H groups in total. The molecule has 0 fully saturated rings. The number of methoxy groups -OCH3 is 1. The zero-order chi connectivity index (χ0) is 9.14. The predicted octanol–water partition coefficient (Wildman–Crippen LogP) is 1.98. The van der Waals surface area contributed by atoms with Crippen LogP contribution in [0, 0.1) is 5.82 Å². The normalized spacial score (nSPS) is 10.0. The van der Waals surface area contributed by atoms with Gasteiger partial charge in [-0.3, -0.25) is 0 Å². The van der Waals surface area contributed by atoms with Crippen molar-refractivity contribution in [2.75, 3.05) is 7.11 Å². The number of aliphatic hydroxyl groups excluding tert-OH is 1. The Hall–Kier alpha value is -0.800. The molecule has 0 saturated carbocycles. The molecule has 4 heteroatoms. The third kappa shape index (κ3) is 1.68. The second-order valence-electron chi connectivity index (χ2n) is 2.25. The highest BCUT2D eigenvalue weighted by molar-refractivity contribution is 6.30. The molecule has 66 valence electrons. The monoisotopic (exact) mass is 190 g/mol. The highest BCUT2D eigenvalue weighted by Gasteiger charge is 2.08. The van der Waals surface area contributed by atoms with Crippen molar-refractivity contribution in [1.29, 1.82) is 0 Å². The van der Waals surface area contributed by atoms with E-state index in [1.54, 1.807) is 0 Å². The van der Waals surface area contributed by atoms with Crippen molar-refractivity contribution in [2.24, 2.45) is 0 Å². The second-order valence-corrected chi connectivity index (χ2v) is 2.66. The van der Waals surface area contributed by atoms with Crippen molar-refractivity contribution < 1.29 is 14.2 Å². The lowest BCUT2D eigenvalue weighted by Crippen LogP contribution is -1.92. The number of ether oxygens (including phenoxy) is 1. The Morgan fingerprint density at radius 2 is 2.25 bits per heavy atom. The lowest BCUT2D eigenvalue weighted by atomic mass is 10.2. The fourth-order valence-corrected chi connectivity index (χ4v) is 1.09. The molecule has 0 atom stereocenters. The topological polar surface area (TPSA) is 29.5 Å². The van der Waals surface area contributed by atoms with Gasteiger partial charge in [-0.1, -0.05) is 11.6 Å². The molecule has 12 heavy (non-hydrogen) atoms.